The van der Waals surface area contributed by atoms with Crippen LogP contribution in [0.4, 0.5) is 16.6 Å². The Bertz CT molecular complexity index is 746. The van der Waals surface area contributed by atoms with Gasteiger partial charge < -0.3 is 19.9 Å². The number of carbonyl (C=O) groups excluding carboxylic acids is 1. The first-order chi connectivity index (χ1) is 12.7. The highest BCUT2D eigenvalue weighted by Gasteiger charge is 2.23. The van der Waals surface area contributed by atoms with Crippen LogP contribution in [-0.4, -0.2) is 59.0 Å². The number of benzene rings is 1. The predicted molar refractivity (Wildman–Crippen MR) is 99.1 cm³/mol. The third-order valence-electron chi connectivity index (χ3n) is 4.21. The summed E-state index contributed by atoms with van der Waals surface area (Å²) >= 11 is 0. The molecule has 0 radical (unpaired) electrons. The highest BCUT2D eigenvalue weighted by Crippen LogP contribution is 2.15. The molecule has 1 aromatic heterocycles. The Balaban J connectivity index is 1.57. The minimum Gasteiger partial charge on any atom is -0.450 e. The molecule has 1 fully saturated rings. The third kappa shape index (κ3) is 4.59. The molecule has 26 heavy (non-hydrogen) atoms. The molecule has 3 rings (SSSR count). The van der Waals surface area contributed by atoms with Gasteiger partial charge in [-0.05, 0) is 19.4 Å². The van der Waals surface area contributed by atoms with E-state index < -0.39 is 0 Å². The van der Waals surface area contributed by atoms with Crippen molar-refractivity contribution in [3.63, 3.8) is 0 Å². The summed E-state index contributed by atoms with van der Waals surface area (Å²) in [4.78, 5) is 20.1. The van der Waals surface area contributed by atoms with E-state index >= 15 is 0 Å². The maximum Gasteiger partial charge on any atom is 0.409 e. The Kier molecular flexibility index (Phi) is 5.83. The summed E-state index contributed by atoms with van der Waals surface area (Å²) in [5.74, 6) is 1.26. The van der Waals surface area contributed by atoms with Crippen molar-refractivity contribution in [2.24, 2.45) is 0 Å². The normalized spacial score (nSPS) is 14.2. The molecule has 1 amide bonds. The summed E-state index contributed by atoms with van der Waals surface area (Å²) < 4.78 is 5.04. The fourth-order valence-electron chi connectivity index (χ4n) is 2.86. The molecule has 8 heteroatoms. The van der Waals surface area contributed by atoms with Crippen molar-refractivity contribution >= 4 is 17.9 Å². The molecule has 0 bridgehead atoms. The zero-order chi connectivity index (χ0) is 18.4. The SMILES string of the molecule is CCOC(=O)N1CCN(c2cnnc(NCc3cccc(C)c3)n2)CC1. The first-order valence-electron chi connectivity index (χ1n) is 8.81. The largest absolute Gasteiger partial charge is 0.450 e. The summed E-state index contributed by atoms with van der Waals surface area (Å²) in [5, 5.41) is 11.3. The monoisotopic (exact) mass is 356 g/mol. The molecule has 1 aromatic carbocycles. The van der Waals surface area contributed by atoms with Gasteiger partial charge in [0.05, 0.1) is 12.8 Å². The van der Waals surface area contributed by atoms with E-state index in [1.165, 1.54) is 11.1 Å². The van der Waals surface area contributed by atoms with E-state index in [4.69, 9.17) is 4.74 Å². The number of aryl methyl sites for hydroxylation is 1. The number of nitrogens with zero attached hydrogens (tertiary/aromatic N) is 5. The van der Waals surface area contributed by atoms with Crippen molar-refractivity contribution in [3.8, 4) is 0 Å². The van der Waals surface area contributed by atoms with Crippen LogP contribution in [0, 0.1) is 6.92 Å². The number of ether oxygens (including phenoxy) is 1. The third-order valence-corrected chi connectivity index (χ3v) is 4.21. The van der Waals surface area contributed by atoms with E-state index in [1.807, 2.05) is 13.0 Å². The second-order valence-corrected chi connectivity index (χ2v) is 6.15. The molecule has 1 aliphatic heterocycles. The Labute approximate surface area is 153 Å². The van der Waals surface area contributed by atoms with Gasteiger partial charge in [-0.3, -0.25) is 0 Å². The number of piperazine rings is 1. The summed E-state index contributed by atoms with van der Waals surface area (Å²) in [6.07, 6.45) is 1.39. The van der Waals surface area contributed by atoms with Crippen molar-refractivity contribution in [1.29, 1.82) is 0 Å². The minimum absolute atomic E-state index is 0.256. The first-order valence-corrected chi connectivity index (χ1v) is 8.81. The molecule has 8 nitrogen and oxygen atoms in total. The Morgan fingerprint density at radius 1 is 1.27 bits per heavy atom. The fourth-order valence-corrected chi connectivity index (χ4v) is 2.86. The molecular weight excluding hydrogens is 332 g/mol. The van der Waals surface area contributed by atoms with Gasteiger partial charge in [-0.1, -0.05) is 29.8 Å². The quantitative estimate of drug-likeness (QED) is 0.878. The lowest BCUT2D eigenvalue weighted by molar-refractivity contribution is 0.105. The maximum atomic E-state index is 11.8. The summed E-state index contributed by atoms with van der Waals surface area (Å²) in [6, 6.07) is 8.29. The summed E-state index contributed by atoms with van der Waals surface area (Å²) in [7, 11) is 0. The first kappa shape index (κ1) is 17.9. The van der Waals surface area contributed by atoms with Crippen molar-refractivity contribution in [1.82, 2.24) is 20.1 Å². The topological polar surface area (TPSA) is 83.5 Å². The van der Waals surface area contributed by atoms with E-state index in [2.05, 4.69) is 50.5 Å². The Morgan fingerprint density at radius 2 is 2.08 bits per heavy atom. The van der Waals surface area contributed by atoms with Gasteiger partial charge in [0.1, 0.15) is 0 Å². The standard InChI is InChI=1S/C18H24N6O2/c1-3-26-18(25)24-9-7-23(8-10-24)16-13-20-22-17(21-16)19-12-15-6-4-5-14(2)11-15/h4-6,11,13H,3,7-10,12H2,1-2H3,(H,19,21,22). The average molecular weight is 356 g/mol. The molecular formula is C18H24N6O2. The zero-order valence-electron chi connectivity index (χ0n) is 15.2. The van der Waals surface area contributed by atoms with Crippen LogP contribution in [0.1, 0.15) is 18.1 Å². The van der Waals surface area contributed by atoms with Crippen LogP contribution < -0.4 is 10.2 Å². The lowest BCUT2D eigenvalue weighted by Gasteiger charge is -2.34. The van der Waals surface area contributed by atoms with Crippen molar-refractivity contribution in [2.45, 2.75) is 20.4 Å². The van der Waals surface area contributed by atoms with Gasteiger partial charge in [0, 0.05) is 32.7 Å². The fraction of sp³-hybridized carbons (Fsp3) is 0.444. The molecule has 0 unspecified atom stereocenters. The number of hydrogen-bond acceptors (Lipinski definition) is 7. The second-order valence-electron chi connectivity index (χ2n) is 6.15. The lowest BCUT2D eigenvalue weighted by Crippen LogP contribution is -2.49. The highest BCUT2D eigenvalue weighted by molar-refractivity contribution is 5.68. The van der Waals surface area contributed by atoms with E-state index in [0.29, 0.717) is 45.3 Å². The smallest absolute Gasteiger partial charge is 0.409 e. The molecule has 0 saturated carbocycles. The minimum atomic E-state index is -0.256. The molecule has 2 heterocycles. The number of carbonyl (C=O) groups is 1. The van der Waals surface area contributed by atoms with E-state index in [1.54, 1.807) is 11.1 Å². The van der Waals surface area contributed by atoms with Crippen LogP contribution >= 0.6 is 0 Å². The van der Waals surface area contributed by atoms with Gasteiger partial charge >= 0.3 is 6.09 Å². The molecule has 0 atom stereocenters. The van der Waals surface area contributed by atoms with Gasteiger partial charge in [0.25, 0.3) is 0 Å². The van der Waals surface area contributed by atoms with Gasteiger partial charge in [0.2, 0.25) is 5.95 Å². The highest BCUT2D eigenvalue weighted by atomic mass is 16.6. The van der Waals surface area contributed by atoms with E-state index in [-0.39, 0.29) is 6.09 Å². The molecule has 1 N–H and O–H groups in total. The van der Waals surface area contributed by atoms with E-state index in [9.17, 15) is 4.79 Å². The van der Waals surface area contributed by atoms with Crippen LogP contribution in [0.5, 0.6) is 0 Å². The summed E-state index contributed by atoms with van der Waals surface area (Å²) in [6.45, 7) is 7.51. The van der Waals surface area contributed by atoms with Crippen molar-refractivity contribution < 1.29 is 9.53 Å². The van der Waals surface area contributed by atoms with Crippen LogP contribution in [-0.2, 0) is 11.3 Å². The Hall–Kier alpha value is -2.90. The van der Waals surface area contributed by atoms with Crippen LogP contribution in [0.15, 0.2) is 30.5 Å². The van der Waals surface area contributed by atoms with Gasteiger partial charge in [-0.2, -0.15) is 10.1 Å². The average Bonchev–Trinajstić information content (AvgIpc) is 2.67. The maximum absolute atomic E-state index is 11.8. The molecule has 2 aromatic rings. The number of aromatic nitrogens is 3. The Morgan fingerprint density at radius 3 is 2.81 bits per heavy atom. The molecule has 138 valence electrons. The lowest BCUT2D eigenvalue weighted by atomic mass is 10.1. The summed E-state index contributed by atoms with van der Waals surface area (Å²) in [5.41, 5.74) is 2.39. The van der Waals surface area contributed by atoms with Gasteiger partial charge in [-0.25, -0.2) is 4.79 Å². The number of amides is 1. The molecule has 0 spiro atoms. The van der Waals surface area contributed by atoms with Gasteiger partial charge in [0.15, 0.2) is 5.82 Å². The van der Waals surface area contributed by atoms with Crippen LogP contribution in [0.3, 0.4) is 0 Å². The number of rotatable bonds is 5. The van der Waals surface area contributed by atoms with Gasteiger partial charge in [-0.15, -0.1) is 5.10 Å². The van der Waals surface area contributed by atoms with E-state index in [0.717, 1.165) is 5.82 Å². The van der Waals surface area contributed by atoms with Crippen LogP contribution in [0.25, 0.3) is 0 Å². The number of anilines is 2. The predicted octanol–water partition coefficient (Wildman–Crippen LogP) is 2.07. The zero-order valence-corrected chi connectivity index (χ0v) is 15.2. The van der Waals surface area contributed by atoms with Crippen LogP contribution in [0.2, 0.25) is 0 Å². The second kappa shape index (κ2) is 8.46. The number of hydrogen-bond donors (Lipinski definition) is 1. The van der Waals surface area contributed by atoms with Crippen molar-refractivity contribution in [2.75, 3.05) is 43.0 Å². The van der Waals surface area contributed by atoms with Crippen molar-refractivity contribution in [3.05, 3.63) is 41.6 Å². The molecule has 1 aliphatic rings. The molecule has 0 aliphatic carbocycles. The number of nitrogens with one attached hydrogen (secondary N) is 1. The molecule has 1 saturated heterocycles.